The molecule has 1 aliphatic carbocycles. The van der Waals surface area contributed by atoms with Crippen molar-refractivity contribution in [2.75, 3.05) is 13.1 Å². The third-order valence-corrected chi connectivity index (χ3v) is 2.52. The highest BCUT2D eigenvalue weighted by atomic mass is 14.9. The van der Waals surface area contributed by atoms with Crippen LogP contribution < -0.4 is 5.32 Å². The molecule has 0 bridgehead atoms. The molecule has 0 aliphatic heterocycles. The summed E-state index contributed by atoms with van der Waals surface area (Å²) in [6, 6.07) is 0. The van der Waals surface area contributed by atoms with E-state index in [1.54, 1.807) is 0 Å². The summed E-state index contributed by atoms with van der Waals surface area (Å²) >= 11 is 0. The Balaban J connectivity index is 2.00. The third kappa shape index (κ3) is 3.06. The van der Waals surface area contributed by atoms with Gasteiger partial charge in [-0.3, -0.25) is 0 Å². The summed E-state index contributed by atoms with van der Waals surface area (Å²) in [5.41, 5.74) is 0.640. The van der Waals surface area contributed by atoms with Crippen LogP contribution in [0.1, 0.15) is 26.7 Å². The van der Waals surface area contributed by atoms with Crippen molar-refractivity contribution in [3.63, 3.8) is 0 Å². The van der Waals surface area contributed by atoms with Gasteiger partial charge in [-0.25, -0.2) is 0 Å². The normalized spacial score (nSPS) is 22.7. The van der Waals surface area contributed by atoms with E-state index in [1.165, 1.54) is 19.4 Å². The molecule has 0 aromatic heterocycles. The summed E-state index contributed by atoms with van der Waals surface area (Å²) in [5, 5.41) is 3.47. The van der Waals surface area contributed by atoms with E-state index < -0.39 is 0 Å². The Kier molecular flexibility index (Phi) is 2.72. The van der Waals surface area contributed by atoms with Gasteiger partial charge in [0.25, 0.3) is 0 Å². The molecule has 1 nitrogen and oxygen atoms in total. The molecule has 11 heavy (non-hydrogen) atoms. The van der Waals surface area contributed by atoms with Gasteiger partial charge in [0.15, 0.2) is 0 Å². The predicted octanol–water partition coefficient (Wildman–Crippen LogP) is 2.20. The molecule has 0 amide bonds. The molecule has 1 atom stereocenters. The molecule has 1 saturated carbocycles. The molecule has 0 saturated heterocycles. The lowest BCUT2D eigenvalue weighted by Crippen LogP contribution is -2.26. The Morgan fingerprint density at radius 1 is 1.64 bits per heavy atom. The lowest BCUT2D eigenvalue weighted by atomic mass is 10.1. The second-order valence-corrected chi connectivity index (χ2v) is 4.15. The highest BCUT2D eigenvalue weighted by Crippen LogP contribution is 2.43. The second-order valence-electron chi connectivity index (χ2n) is 4.15. The number of hydrogen-bond donors (Lipinski definition) is 1. The smallest absolute Gasteiger partial charge is 0.00116 e. The van der Waals surface area contributed by atoms with Gasteiger partial charge in [-0.2, -0.15) is 0 Å². The Morgan fingerprint density at radius 2 is 2.27 bits per heavy atom. The van der Waals surface area contributed by atoms with Crippen LogP contribution in [0.2, 0.25) is 0 Å². The van der Waals surface area contributed by atoms with Crippen LogP contribution in [0.15, 0.2) is 12.7 Å². The summed E-state index contributed by atoms with van der Waals surface area (Å²) in [5.74, 6) is 0.609. The molecule has 1 aliphatic rings. The van der Waals surface area contributed by atoms with E-state index in [-0.39, 0.29) is 0 Å². The van der Waals surface area contributed by atoms with E-state index in [0.717, 1.165) is 6.54 Å². The Labute approximate surface area is 69.9 Å². The number of hydrogen-bond acceptors (Lipinski definition) is 1. The average molecular weight is 153 g/mol. The Hall–Kier alpha value is -0.300. The van der Waals surface area contributed by atoms with Crippen molar-refractivity contribution in [1.82, 2.24) is 5.32 Å². The second kappa shape index (κ2) is 3.40. The van der Waals surface area contributed by atoms with Crippen molar-refractivity contribution < 1.29 is 0 Å². The molecule has 0 radical (unpaired) electrons. The maximum absolute atomic E-state index is 3.75. The maximum Gasteiger partial charge on any atom is 0.00116 e. The highest BCUT2D eigenvalue weighted by Gasteiger charge is 2.36. The van der Waals surface area contributed by atoms with E-state index in [1.807, 2.05) is 6.08 Å². The fourth-order valence-corrected chi connectivity index (χ4v) is 1.08. The molecule has 1 rings (SSSR count). The van der Waals surface area contributed by atoms with Gasteiger partial charge in [0.1, 0.15) is 0 Å². The molecule has 0 spiro atoms. The molecule has 1 heteroatoms. The summed E-state index contributed by atoms with van der Waals surface area (Å²) in [4.78, 5) is 0. The van der Waals surface area contributed by atoms with Gasteiger partial charge in [0.05, 0.1) is 0 Å². The molecule has 1 N–H and O–H groups in total. The minimum Gasteiger partial charge on any atom is -0.316 e. The van der Waals surface area contributed by atoms with Gasteiger partial charge in [0.2, 0.25) is 0 Å². The zero-order chi connectivity index (χ0) is 8.32. The summed E-state index contributed by atoms with van der Waals surface area (Å²) in [7, 11) is 0. The molecular weight excluding hydrogens is 134 g/mol. The van der Waals surface area contributed by atoms with Crippen LogP contribution in [0.4, 0.5) is 0 Å². The molecule has 0 heterocycles. The van der Waals surface area contributed by atoms with Crippen LogP contribution in [-0.4, -0.2) is 13.1 Å². The van der Waals surface area contributed by atoms with Gasteiger partial charge >= 0.3 is 0 Å². The average Bonchev–Trinajstić information content (AvgIpc) is 2.68. The zero-order valence-corrected chi connectivity index (χ0v) is 7.69. The molecular formula is C10H19N. The van der Waals surface area contributed by atoms with Gasteiger partial charge < -0.3 is 5.32 Å². The standard InChI is InChI=1S/C10H19N/c1-4-9(2)7-11-8-10(3)5-6-10/h4,9,11H,1,5-8H2,2-3H3/t9-/m0/s1. The first-order chi connectivity index (χ1) is 5.16. The molecule has 64 valence electrons. The number of nitrogens with one attached hydrogen (secondary N) is 1. The highest BCUT2D eigenvalue weighted by molar-refractivity contribution is 4.90. The lowest BCUT2D eigenvalue weighted by molar-refractivity contribution is 0.478. The van der Waals surface area contributed by atoms with E-state index in [4.69, 9.17) is 0 Å². The van der Waals surface area contributed by atoms with Gasteiger partial charge in [-0.05, 0) is 24.2 Å². The largest absolute Gasteiger partial charge is 0.316 e. The maximum atomic E-state index is 3.75. The quantitative estimate of drug-likeness (QED) is 0.597. The van der Waals surface area contributed by atoms with Crippen molar-refractivity contribution in [2.45, 2.75) is 26.7 Å². The fourth-order valence-electron chi connectivity index (χ4n) is 1.08. The molecule has 0 aromatic rings. The first kappa shape index (κ1) is 8.79. The van der Waals surface area contributed by atoms with Crippen LogP contribution in [0.25, 0.3) is 0 Å². The predicted molar refractivity (Wildman–Crippen MR) is 49.6 cm³/mol. The Morgan fingerprint density at radius 3 is 2.73 bits per heavy atom. The first-order valence-corrected chi connectivity index (χ1v) is 4.49. The SMILES string of the molecule is C=C[C@H](C)CNCC1(C)CC1. The van der Waals surface area contributed by atoms with Crippen LogP contribution in [0.3, 0.4) is 0 Å². The molecule has 1 fully saturated rings. The van der Waals surface area contributed by atoms with Gasteiger partial charge in [0, 0.05) is 13.1 Å². The minimum absolute atomic E-state index is 0.609. The van der Waals surface area contributed by atoms with Crippen LogP contribution >= 0.6 is 0 Å². The van der Waals surface area contributed by atoms with Gasteiger partial charge in [-0.15, -0.1) is 6.58 Å². The van der Waals surface area contributed by atoms with E-state index in [2.05, 4.69) is 25.7 Å². The van der Waals surface area contributed by atoms with Crippen LogP contribution in [0.5, 0.6) is 0 Å². The van der Waals surface area contributed by atoms with Crippen molar-refractivity contribution in [1.29, 1.82) is 0 Å². The molecule has 0 unspecified atom stereocenters. The van der Waals surface area contributed by atoms with E-state index >= 15 is 0 Å². The lowest BCUT2D eigenvalue weighted by Gasteiger charge is -2.11. The fraction of sp³-hybridized carbons (Fsp3) is 0.800. The third-order valence-electron chi connectivity index (χ3n) is 2.52. The zero-order valence-electron chi connectivity index (χ0n) is 7.69. The summed E-state index contributed by atoms with van der Waals surface area (Å²) in [6.07, 6.45) is 4.81. The minimum atomic E-state index is 0.609. The van der Waals surface area contributed by atoms with E-state index in [9.17, 15) is 0 Å². The summed E-state index contributed by atoms with van der Waals surface area (Å²) in [6.45, 7) is 10.6. The van der Waals surface area contributed by atoms with Crippen LogP contribution in [-0.2, 0) is 0 Å². The van der Waals surface area contributed by atoms with E-state index in [0.29, 0.717) is 11.3 Å². The van der Waals surface area contributed by atoms with Crippen molar-refractivity contribution in [3.05, 3.63) is 12.7 Å². The number of rotatable bonds is 5. The Bertz CT molecular complexity index is 136. The van der Waals surface area contributed by atoms with Crippen LogP contribution in [0, 0.1) is 11.3 Å². The van der Waals surface area contributed by atoms with Crippen molar-refractivity contribution >= 4 is 0 Å². The first-order valence-electron chi connectivity index (χ1n) is 4.49. The van der Waals surface area contributed by atoms with Gasteiger partial charge in [-0.1, -0.05) is 19.9 Å². The topological polar surface area (TPSA) is 12.0 Å². The van der Waals surface area contributed by atoms with Crippen molar-refractivity contribution in [3.8, 4) is 0 Å². The summed E-state index contributed by atoms with van der Waals surface area (Å²) < 4.78 is 0. The molecule has 0 aromatic carbocycles. The monoisotopic (exact) mass is 153 g/mol. The van der Waals surface area contributed by atoms with Crippen molar-refractivity contribution in [2.24, 2.45) is 11.3 Å².